The van der Waals surface area contributed by atoms with Crippen molar-refractivity contribution in [1.29, 1.82) is 0 Å². The van der Waals surface area contributed by atoms with Crippen molar-refractivity contribution < 1.29 is 43.8 Å². The van der Waals surface area contributed by atoms with Gasteiger partial charge in [0.05, 0.1) is 26.2 Å². The summed E-state index contributed by atoms with van der Waals surface area (Å²) < 4.78 is 11.1. The summed E-state index contributed by atoms with van der Waals surface area (Å²) in [5, 5.41) is 20.8. The second-order valence-corrected chi connectivity index (χ2v) is 8.45. The van der Waals surface area contributed by atoms with Crippen LogP contribution in [-0.4, -0.2) is 59.6 Å². The fourth-order valence-electron chi connectivity index (χ4n) is 3.58. The molecule has 0 aromatic heterocycles. The van der Waals surface area contributed by atoms with Gasteiger partial charge in [-0.3, -0.25) is 4.79 Å². The highest BCUT2D eigenvalue weighted by atomic mass is 17.2. The zero-order valence-corrected chi connectivity index (χ0v) is 21.2. The molecule has 0 amide bonds. The predicted octanol–water partition coefficient (Wildman–Crippen LogP) is 2.33. The monoisotopic (exact) mass is 528 g/mol. The summed E-state index contributed by atoms with van der Waals surface area (Å²) in [6, 6.07) is 4.93. The zero-order chi connectivity index (χ0) is 27.5. The SMILES string of the molecule is CON1OC=CC=C(N)C=CC[C@@H]2CC(=O)O[C@H](CO)C=C[C@@H](O)C(C)=CCc3cccc(c3C(=O)O2)O1. The van der Waals surface area contributed by atoms with Gasteiger partial charge < -0.3 is 35.1 Å². The molecule has 0 unspecified atom stereocenters. The zero-order valence-electron chi connectivity index (χ0n) is 21.2. The normalized spacial score (nSPS) is 23.8. The number of cyclic esters (lactones) is 1. The van der Waals surface area contributed by atoms with Gasteiger partial charge in [0, 0.05) is 12.1 Å². The molecule has 11 nitrogen and oxygen atoms in total. The Balaban J connectivity index is 2.11. The molecule has 1 aromatic carbocycles. The molecule has 1 aromatic rings. The van der Waals surface area contributed by atoms with E-state index >= 15 is 0 Å². The Bertz CT molecular complexity index is 1140. The number of ether oxygens (including phenoxy) is 2. The molecule has 0 spiro atoms. The van der Waals surface area contributed by atoms with Crippen LogP contribution in [0.2, 0.25) is 0 Å². The van der Waals surface area contributed by atoms with Gasteiger partial charge >= 0.3 is 11.9 Å². The van der Waals surface area contributed by atoms with Crippen LogP contribution in [0.1, 0.15) is 35.7 Å². The van der Waals surface area contributed by atoms with E-state index in [4.69, 9.17) is 29.7 Å². The van der Waals surface area contributed by atoms with E-state index in [0.29, 0.717) is 22.2 Å². The van der Waals surface area contributed by atoms with E-state index in [0.717, 1.165) is 0 Å². The lowest BCUT2D eigenvalue weighted by molar-refractivity contribution is -0.462. The highest BCUT2D eigenvalue weighted by molar-refractivity contribution is 5.94. The molecular formula is C27H32N2O9. The van der Waals surface area contributed by atoms with Gasteiger partial charge in [0.15, 0.2) is 11.1 Å². The van der Waals surface area contributed by atoms with Crippen LogP contribution in [0.25, 0.3) is 0 Å². The third kappa shape index (κ3) is 8.32. The third-order valence-electron chi connectivity index (χ3n) is 5.61. The number of nitrogens with zero attached hydrogens (tertiary/aromatic N) is 1. The Morgan fingerprint density at radius 2 is 2.03 bits per heavy atom. The number of benzene rings is 1. The number of esters is 2. The number of aliphatic hydroxyl groups excluding tert-OH is 2. The summed E-state index contributed by atoms with van der Waals surface area (Å²) >= 11 is 0. The summed E-state index contributed by atoms with van der Waals surface area (Å²) in [6.45, 7) is 1.23. The largest absolute Gasteiger partial charge is 0.458 e. The van der Waals surface area contributed by atoms with Crippen molar-refractivity contribution in [2.45, 2.75) is 44.5 Å². The molecule has 0 aliphatic carbocycles. The predicted molar refractivity (Wildman–Crippen MR) is 136 cm³/mol. The fourth-order valence-corrected chi connectivity index (χ4v) is 3.58. The number of aliphatic hydroxyl groups is 2. The average Bonchev–Trinajstić information content (AvgIpc) is 2.90. The second kappa shape index (κ2) is 14.1. The lowest BCUT2D eigenvalue weighted by atomic mass is 10.0. The highest BCUT2D eigenvalue weighted by Crippen LogP contribution is 2.27. The van der Waals surface area contributed by atoms with Crippen LogP contribution in [0.4, 0.5) is 0 Å². The van der Waals surface area contributed by atoms with Gasteiger partial charge in [-0.1, -0.05) is 30.4 Å². The average molecular weight is 529 g/mol. The van der Waals surface area contributed by atoms with Gasteiger partial charge in [-0.15, -0.1) is 0 Å². The Hall–Kier alpha value is -3.90. The van der Waals surface area contributed by atoms with Crippen molar-refractivity contribution in [2.24, 2.45) is 5.73 Å². The van der Waals surface area contributed by atoms with Crippen LogP contribution < -0.4 is 10.6 Å². The molecule has 204 valence electrons. The molecule has 11 heteroatoms. The molecule has 0 saturated carbocycles. The van der Waals surface area contributed by atoms with E-state index < -0.39 is 36.9 Å². The first-order chi connectivity index (χ1) is 18.3. The number of hydrogen-bond acceptors (Lipinski definition) is 11. The van der Waals surface area contributed by atoms with Crippen molar-refractivity contribution in [3.05, 3.63) is 89.4 Å². The molecule has 2 heterocycles. The van der Waals surface area contributed by atoms with Crippen molar-refractivity contribution in [1.82, 2.24) is 5.39 Å². The molecule has 2 aliphatic rings. The third-order valence-corrected chi connectivity index (χ3v) is 5.61. The Labute approximate surface area is 220 Å². The fraction of sp³-hybridized carbons (Fsp3) is 0.333. The Kier molecular flexibility index (Phi) is 10.7. The molecule has 4 N–H and O–H groups in total. The minimum absolute atomic E-state index is 0.0701. The lowest BCUT2D eigenvalue weighted by Gasteiger charge is -2.21. The van der Waals surface area contributed by atoms with Gasteiger partial charge in [0.2, 0.25) is 0 Å². The van der Waals surface area contributed by atoms with Crippen LogP contribution >= 0.6 is 0 Å². The molecule has 3 atom stereocenters. The smallest absolute Gasteiger partial charge is 0.342 e. The first-order valence-corrected chi connectivity index (χ1v) is 11.9. The van der Waals surface area contributed by atoms with E-state index in [2.05, 4.69) is 0 Å². The molecule has 38 heavy (non-hydrogen) atoms. The van der Waals surface area contributed by atoms with E-state index in [9.17, 15) is 19.8 Å². The van der Waals surface area contributed by atoms with E-state index in [1.54, 1.807) is 43.4 Å². The Morgan fingerprint density at radius 3 is 2.79 bits per heavy atom. The van der Waals surface area contributed by atoms with Crippen LogP contribution in [0, 0.1) is 0 Å². The van der Waals surface area contributed by atoms with E-state index in [1.807, 2.05) is 0 Å². The maximum Gasteiger partial charge on any atom is 0.342 e. The van der Waals surface area contributed by atoms with Crippen LogP contribution in [-0.2, 0) is 30.4 Å². The van der Waals surface area contributed by atoms with Crippen LogP contribution in [0.5, 0.6) is 5.75 Å². The van der Waals surface area contributed by atoms with Crippen molar-refractivity contribution >= 4 is 11.9 Å². The number of hydrogen-bond donors (Lipinski definition) is 3. The first kappa shape index (κ1) is 28.7. The highest BCUT2D eigenvalue weighted by Gasteiger charge is 2.27. The number of rotatable bonds is 2. The maximum absolute atomic E-state index is 13.5. The van der Waals surface area contributed by atoms with Crippen LogP contribution in [0.3, 0.4) is 0 Å². The Morgan fingerprint density at radius 1 is 1.21 bits per heavy atom. The quantitative estimate of drug-likeness (QED) is 0.383. The molecule has 3 rings (SSSR count). The van der Waals surface area contributed by atoms with Gasteiger partial charge in [-0.05, 0) is 54.9 Å². The second-order valence-electron chi connectivity index (χ2n) is 8.45. The summed E-state index contributed by atoms with van der Waals surface area (Å²) in [5.41, 5.74) is 7.51. The maximum atomic E-state index is 13.5. The van der Waals surface area contributed by atoms with E-state index in [1.165, 1.54) is 37.7 Å². The standard InChI is InChI=1S/C27H32N2O9/c1-18-11-12-19-6-3-10-24-26(19)27(33)37-21(16-25(32)36-22(17-30)13-14-23(18)31)9-4-7-20(28)8-5-15-35-29(34-2)38-24/h3-8,10-11,13-15,21-23,30-31H,9,12,16-17,28H2,1-2H3/t21-,22+,23-/m1/s1. The first-order valence-electron chi connectivity index (χ1n) is 11.9. The van der Waals surface area contributed by atoms with Gasteiger partial charge in [0.25, 0.3) is 0 Å². The number of allylic oxidation sites excluding steroid dienone is 4. The molecule has 0 fully saturated rings. The summed E-state index contributed by atoms with van der Waals surface area (Å²) in [6.07, 6.45) is 9.37. The number of fused-ring (bicyclic) bond motifs is 2. The molecular weight excluding hydrogens is 496 g/mol. The summed E-state index contributed by atoms with van der Waals surface area (Å²) in [4.78, 5) is 42.3. The topological polar surface area (TPSA) is 150 Å². The molecule has 2 bridgehead atoms. The minimum Gasteiger partial charge on any atom is -0.458 e. The minimum atomic E-state index is -1.01. The van der Waals surface area contributed by atoms with Gasteiger partial charge in [-0.2, -0.15) is 0 Å². The molecule has 2 aliphatic heterocycles. The lowest BCUT2D eigenvalue weighted by Crippen LogP contribution is -2.28. The van der Waals surface area contributed by atoms with E-state index in [-0.39, 0.29) is 30.6 Å². The number of carbonyl (C=O) groups excluding carboxylic acids is 2. The van der Waals surface area contributed by atoms with Crippen molar-refractivity contribution in [3.8, 4) is 5.75 Å². The van der Waals surface area contributed by atoms with Crippen molar-refractivity contribution in [2.75, 3.05) is 13.7 Å². The van der Waals surface area contributed by atoms with Crippen LogP contribution in [0.15, 0.2) is 78.3 Å². The summed E-state index contributed by atoms with van der Waals surface area (Å²) in [7, 11) is 1.31. The number of nitrogens with two attached hydrogens (primary N) is 1. The molecule has 0 saturated heterocycles. The molecule has 0 radical (unpaired) electrons. The summed E-state index contributed by atoms with van der Waals surface area (Å²) in [5.74, 6) is -1.39. The van der Waals surface area contributed by atoms with Gasteiger partial charge in [0.1, 0.15) is 24.0 Å². The van der Waals surface area contributed by atoms with Crippen molar-refractivity contribution in [3.63, 3.8) is 0 Å². The number of carbonyl (C=O) groups is 2. The van der Waals surface area contributed by atoms with Gasteiger partial charge in [-0.25, -0.2) is 9.63 Å².